The van der Waals surface area contributed by atoms with Gasteiger partial charge in [0.2, 0.25) is 0 Å². The lowest BCUT2D eigenvalue weighted by atomic mass is 10.1. The summed E-state index contributed by atoms with van der Waals surface area (Å²) < 4.78 is 0. The fraction of sp³-hybridized carbons (Fsp3) is 0.278. The maximum atomic E-state index is 5.92. The van der Waals surface area contributed by atoms with Crippen LogP contribution in [0.1, 0.15) is 23.1 Å². The molecule has 0 amide bonds. The Kier molecular flexibility index (Phi) is 7.95. The Labute approximate surface area is 150 Å². The third-order valence-corrected chi connectivity index (χ3v) is 3.24. The van der Waals surface area contributed by atoms with Crippen LogP contribution in [0.3, 0.4) is 0 Å². The standard InChI is InChI=1S/C18H23N3.HI/c1-14-11-15(2)13-17(12-14)21-18(19)20-10-6-9-16-7-4-3-5-8-16;/h3-5,7-8,11-13H,6,9-10H2,1-2H3,(H3,19,20,21);1H. The van der Waals surface area contributed by atoms with E-state index in [2.05, 4.69) is 66.6 Å². The molecule has 0 fully saturated rings. The van der Waals surface area contributed by atoms with E-state index in [1.807, 2.05) is 6.07 Å². The maximum absolute atomic E-state index is 5.92. The Bertz CT molecular complexity index is 589. The first-order valence-electron chi connectivity index (χ1n) is 7.32. The number of anilines is 1. The van der Waals surface area contributed by atoms with Gasteiger partial charge in [0, 0.05) is 12.2 Å². The fourth-order valence-corrected chi connectivity index (χ4v) is 2.36. The molecular formula is C18H24IN3. The zero-order valence-electron chi connectivity index (χ0n) is 13.2. The minimum atomic E-state index is 0. The van der Waals surface area contributed by atoms with Crippen LogP contribution < -0.4 is 11.1 Å². The van der Waals surface area contributed by atoms with Gasteiger partial charge in [-0.1, -0.05) is 36.4 Å². The van der Waals surface area contributed by atoms with Crippen LogP contribution in [0.4, 0.5) is 5.69 Å². The van der Waals surface area contributed by atoms with E-state index in [4.69, 9.17) is 5.73 Å². The van der Waals surface area contributed by atoms with Crippen molar-refractivity contribution in [2.45, 2.75) is 26.7 Å². The number of rotatable bonds is 5. The quantitative estimate of drug-likeness (QED) is 0.335. The van der Waals surface area contributed by atoms with Crippen LogP contribution in [0.25, 0.3) is 0 Å². The predicted molar refractivity (Wildman–Crippen MR) is 106 cm³/mol. The second kappa shape index (κ2) is 9.46. The van der Waals surface area contributed by atoms with Crippen LogP contribution in [-0.2, 0) is 6.42 Å². The molecule has 3 N–H and O–H groups in total. The van der Waals surface area contributed by atoms with E-state index in [0.29, 0.717) is 5.96 Å². The second-order valence-corrected chi connectivity index (χ2v) is 5.36. The zero-order valence-corrected chi connectivity index (χ0v) is 15.5. The van der Waals surface area contributed by atoms with E-state index in [-0.39, 0.29) is 24.0 Å². The number of benzene rings is 2. The summed E-state index contributed by atoms with van der Waals surface area (Å²) in [5, 5.41) is 3.15. The first kappa shape index (κ1) is 18.5. The number of nitrogens with two attached hydrogens (primary N) is 1. The zero-order chi connectivity index (χ0) is 15.1. The highest BCUT2D eigenvalue weighted by molar-refractivity contribution is 14.0. The molecule has 3 nitrogen and oxygen atoms in total. The largest absolute Gasteiger partial charge is 0.370 e. The number of hydrogen-bond acceptors (Lipinski definition) is 1. The van der Waals surface area contributed by atoms with Crippen molar-refractivity contribution < 1.29 is 0 Å². The molecule has 0 unspecified atom stereocenters. The van der Waals surface area contributed by atoms with Gasteiger partial charge in [-0.25, -0.2) is 0 Å². The van der Waals surface area contributed by atoms with Crippen molar-refractivity contribution >= 4 is 35.6 Å². The number of guanidine groups is 1. The number of aryl methyl sites for hydroxylation is 3. The maximum Gasteiger partial charge on any atom is 0.193 e. The molecule has 0 heterocycles. The summed E-state index contributed by atoms with van der Waals surface area (Å²) >= 11 is 0. The molecule has 4 heteroatoms. The third-order valence-electron chi connectivity index (χ3n) is 3.24. The van der Waals surface area contributed by atoms with E-state index in [1.54, 1.807) is 0 Å². The van der Waals surface area contributed by atoms with Gasteiger partial charge in [0.05, 0.1) is 0 Å². The molecule has 2 aromatic rings. The molecule has 0 saturated carbocycles. The lowest BCUT2D eigenvalue weighted by Gasteiger charge is -2.08. The molecule has 0 aromatic heterocycles. The summed E-state index contributed by atoms with van der Waals surface area (Å²) in [5.41, 5.74) is 10.7. The molecule has 2 rings (SSSR count). The van der Waals surface area contributed by atoms with Gasteiger partial charge < -0.3 is 11.1 Å². The normalized spacial score (nSPS) is 10.9. The average Bonchev–Trinajstić information content (AvgIpc) is 2.43. The topological polar surface area (TPSA) is 50.4 Å². The van der Waals surface area contributed by atoms with E-state index < -0.39 is 0 Å². The van der Waals surface area contributed by atoms with Crippen molar-refractivity contribution in [3.63, 3.8) is 0 Å². The van der Waals surface area contributed by atoms with E-state index in [0.717, 1.165) is 25.1 Å². The average molecular weight is 409 g/mol. The predicted octanol–water partition coefficient (Wildman–Crippen LogP) is 4.28. The molecule has 0 aliphatic carbocycles. The summed E-state index contributed by atoms with van der Waals surface area (Å²) in [5.74, 6) is 0.480. The Morgan fingerprint density at radius 3 is 2.32 bits per heavy atom. The van der Waals surface area contributed by atoms with Gasteiger partial charge in [0.15, 0.2) is 5.96 Å². The number of hydrogen-bond donors (Lipinski definition) is 2. The molecule has 2 aromatic carbocycles. The van der Waals surface area contributed by atoms with Crippen molar-refractivity contribution in [2.24, 2.45) is 10.7 Å². The van der Waals surface area contributed by atoms with Crippen molar-refractivity contribution in [1.82, 2.24) is 0 Å². The summed E-state index contributed by atoms with van der Waals surface area (Å²) in [4.78, 5) is 4.38. The monoisotopic (exact) mass is 409 g/mol. The van der Waals surface area contributed by atoms with Gasteiger partial charge in [-0.2, -0.15) is 0 Å². The molecule has 0 aliphatic heterocycles. The molecule has 0 spiro atoms. The molecule has 0 bridgehead atoms. The number of nitrogens with one attached hydrogen (secondary N) is 1. The highest BCUT2D eigenvalue weighted by atomic mass is 127. The summed E-state index contributed by atoms with van der Waals surface area (Å²) in [6, 6.07) is 16.7. The van der Waals surface area contributed by atoms with Crippen LogP contribution in [0.2, 0.25) is 0 Å². The highest BCUT2D eigenvalue weighted by Crippen LogP contribution is 2.13. The molecule has 0 aliphatic rings. The number of nitrogens with zero attached hydrogens (tertiary/aromatic N) is 1. The second-order valence-electron chi connectivity index (χ2n) is 5.36. The molecule has 0 atom stereocenters. The van der Waals surface area contributed by atoms with Crippen LogP contribution in [0.5, 0.6) is 0 Å². The van der Waals surface area contributed by atoms with Crippen LogP contribution in [0, 0.1) is 13.8 Å². The van der Waals surface area contributed by atoms with Crippen molar-refractivity contribution in [2.75, 3.05) is 11.9 Å². The van der Waals surface area contributed by atoms with Crippen molar-refractivity contribution in [3.05, 3.63) is 65.2 Å². The number of aliphatic imine (C=N–C) groups is 1. The third kappa shape index (κ3) is 6.47. The minimum absolute atomic E-state index is 0. The fourth-order valence-electron chi connectivity index (χ4n) is 2.36. The lowest BCUT2D eigenvalue weighted by Crippen LogP contribution is -2.23. The Morgan fingerprint density at radius 2 is 1.68 bits per heavy atom. The number of halogens is 1. The Hall–Kier alpha value is -1.56. The SMILES string of the molecule is Cc1cc(C)cc(NC(N)=NCCCc2ccccc2)c1.I. The van der Waals surface area contributed by atoms with Gasteiger partial charge in [0.25, 0.3) is 0 Å². The Balaban J connectivity index is 0.00000242. The Morgan fingerprint density at radius 1 is 1.05 bits per heavy atom. The van der Waals surface area contributed by atoms with E-state index >= 15 is 0 Å². The van der Waals surface area contributed by atoms with Crippen LogP contribution in [-0.4, -0.2) is 12.5 Å². The highest BCUT2D eigenvalue weighted by Gasteiger charge is 1.98. The van der Waals surface area contributed by atoms with E-state index in [1.165, 1.54) is 16.7 Å². The van der Waals surface area contributed by atoms with Crippen LogP contribution >= 0.6 is 24.0 Å². The summed E-state index contributed by atoms with van der Waals surface area (Å²) in [7, 11) is 0. The molecule has 0 radical (unpaired) electrons. The molecule has 118 valence electrons. The van der Waals surface area contributed by atoms with Gasteiger partial charge in [-0.3, -0.25) is 4.99 Å². The lowest BCUT2D eigenvalue weighted by molar-refractivity contribution is 0.832. The smallest absolute Gasteiger partial charge is 0.193 e. The molecule has 0 saturated heterocycles. The first-order chi connectivity index (χ1) is 10.1. The van der Waals surface area contributed by atoms with Gasteiger partial charge in [-0.15, -0.1) is 24.0 Å². The van der Waals surface area contributed by atoms with Crippen molar-refractivity contribution in [1.29, 1.82) is 0 Å². The van der Waals surface area contributed by atoms with E-state index in [9.17, 15) is 0 Å². The van der Waals surface area contributed by atoms with Crippen molar-refractivity contribution in [3.8, 4) is 0 Å². The first-order valence-corrected chi connectivity index (χ1v) is 7.32. The minimum Gasteiger partial charge on any atom is -0.370 e. The summed E-state index contributed by atoms with van der Waals surface area (Å²) in [6.45, 7) is 4.88. The summed E-state index contributed by atoms with van der Waals surface area (Å²) in [6.07, 6.45) is 2.03. The molecule has 22 heavy (non-hydrogen) atoms. The van der Waals surface area contributed by atoms with Crippen LogP contribution in [0.15, 0.2) is 53.5 Å². The van der Waals surface area contributed by atoms with Gasteiger partial charge in [-0.05, 0) is 55.5 Å². The van der Waals surface area contributed by atoms with Gasteiger partial charge in [0.1, 0.15) is 0 Å². The molecular weight excluding hydrogens is 385 g/mol. The van der Waals surface area contributed by atoms with Gasteiger partial charge >= 0.3 is 0 Å².